The van der Waals surface area contributed by atoms with Crippen LogP contribution in [0.4, 0.5) is 10.1 Å². The lowest BCUT2D eigenvalue weighted by Crippen LogP contribution is -2.16. The second-order valence-electron chi connectivity index (χ2n) is 5.81. The minimum atomic E-state index is -1.12. The van der Waals surface area contributed by atoms with E-state index >= 15 is 0 Å². The number of rotatable bonds is 6. The van der Waals surface area contributed by atoms with Gasteiger partial charge < -0.3 is 15.2 Å². The fraction of sp³-hybridized carbons (Fsp3) is 0.263. The van der Waals surface area contributed by atoms with E-state index in [-0.39, 0.29) is 12.5 Å². The van der Waals surface area contributed by atoms with Gasteiger partial charge >= 0.3 is 0 Å². The highest BCUT2D eigenvalue weighted by molar-refractivity contribution is 5.91. The molecule has 0 spiro atoms. The number of ether oxygens (including phenoxy) is 1. The third kappa shape index (κ3) is 5.30. The summed E-state index contributed by atoms with van der Waals surface area (Å²) in [4.78, 5) is 12.1. The number of nitrogens with zero attached hydrogens (tertiary/aromatic N) is 1. The van der Waals surface area contributed by atoms with Crippen molar-refractivity contribution in [2.24, 2.45) is 0 Å². The molecule has 2 N–H and O–H groups in total. The monoisotopic (exact) mass is 342 g/mol. The highest BCUT2D eigenvalue weighted by atomic mass is 19.1. The van der Waals surface area contributed by atoms with Crippen molar-refractivity contribution in [2.75, 3.05) is 5.32 Å². The van der Waals surface area contributed by atoms with Crippen molar-refractivity contribution in [1.29, 1.82) is 5.26 Å². The molecule has 0 heterocycles. The Morgan fingerprint density at radius 2 is 2.08 bits per heavy atom. The molecule has 2 rings (SSSR count). The Hall–Kier alpha value is -2.91. The summed E-state index contributed by atoms with van der Waals surface area (Å²) in [5.74, 6) is -0.482. The molecule has 130 valence electrons. The zero-order valence-electron chi connectivity index (χ0n) is 14.0. The van der Waals surface area contributed by atoms with Crippen molar-refractivity contribution in [1.82, 2.24) is 0 Å². The number of anilines is 1. The van der Waals surface area contributed by atoms with E-state index in [1.165, 1.54) is 24.3 Å². The number of carbonyl (C=O) groups excluding carboxylic acids is 1. The lowest BCUT2D eigenvalue weighted by molar-refractivity contribution is -0.118. The number of benzene rings is 2. The third-order valence-corrected chi connectivity index (χ3v) is 3.36. The van der Waals surface area contributed by atoms with Gasteiger partial charge in [0, 0.05) is 5.69 Å². The average Bonchev–Trinajstić information content (AvgIpc) is 2.55. The van der Waals surface area contributed by atoms with Gasteiger partial charge in [-0.25, -0.2) is 4.39 Å². The molecule has 0 bridgehead atoms. The molecule has 2 aromatic carbocycles. The minimum absolute atomic E-state index is 0.0750. The molecule has 1 amide bonds. The molecule has 0 saturated heterocycles. The molecule has 0 aromatic heterocycles. The molecule has 0 aliphatic heterocycles. The van der Waals surface area contributed by atoms with Crippen molar-refractivity contribution in [2.45, 2.75) is 32.5 Å². The summed E-state index contributed by atoms with van der Waals surface area (Å²) in [6.07, 6.45) is -1.42. The second-order valence-corrected chi connectivity index (χ2v) is 5.81. The fourth-order valence-corrected chi connectivity index (χ4v) is 2.27. The first-order valence-corrected chi connectivity index (χ1v) is 7.83. The summed E-state index contributed by atoms with van der Waals surface area (Å²) in [5, 5.41) is 21.8. The van der Waals surface area contributed by atoms with Crippen LogP contribution in [-0.2, 0) is 4.79 Å². The van der Waals surface area contributed by atoms with E-state index in [0.717, 1.165) is 0 Å². The lowest BCUT2D eigenvalue weighted by atomic mass is 10.1. The SMILES string of the molecule is CC(C)Oc1ccc(NC(=O)CC(O)c2cccc(F)c2)cc1C#N. The van der Waals surface area contributed by atoms with E-state index < -0.39 is 17.8 Å². The Morgan fingerprint density at radius 1 is 1.32 bits per heavy atom. The van der Waals surface area contributed by atoms with Gasteiger partial charge in [0.05, 0.1) is 24.2 Å². The van der Waals surface area contributed by atoms with Crippen LogP contribution in [0.2, 0.25) is 0 Å². The maximum absolute atomic E-state index is 13.2. The Balaban J connectivity index is 2.04. The summed E-state index contributed by atoms with van der Waals surface area (Å²) in [6, 6.07) is 12.2. The normalized spacial score (nSPS) is 11.7. The number of aliphatic hydroxyl groups is 1. The highest BCUT2D eigenvalue weighted by Gasteiger charge is 2.15. The largest absolute Gasteiger partial charge is 0.490 e. The average molecular weight is 342 g/mol. The standard InChI is InChI=1S/C19H19FN2O3/c1-12(2)25-18-7-6-16(9-14(18)11-21)22-19(24)10-17(23)13-4-3-5-15(20)8-13/h3-9,12,17,23H,10H2,1-2H3,(H,22,24). The second kappa shape index (κ2) is 8.27. The molecule has 0 saturated carbocycles. The van der Waals surface area contributed by atoms with Crippen LogP contribution >= 0.6 is 0 Å². The highest BCUT2D eigenvalue weighted by Crippen LogP contribution is 2.24. The van der Waals surface area contributed by atoms with Crippen molar-refractivity contribution >= 4 is 11.6 Å². The summed E-state index contributed by atoms with van der Waals surface area (Å²) < 4.78 is 18.7. The van der Waals surface area contributed by atoms with Crippen LogP contribution in [0, 0.1) is 17.1 Å². The molecule has 0 fully saturated rings. The molecule has 0 aliphatic carbocycles. The van der Waals surface area contributed by atoms with Gasteiger partial charge in [-0.3, -0.25) is 4.79 Å². The number of halogens is 1. The van der Waals surface area contributed by atoms with Crippen LogP contribution < -0.4 is 10.1 Å². The van der Waals surface area contributed by atoms with Gasteiger partial charge in [-0.05, 0) is 49.7 Å². The van der Waals surface area contributed by atoms with Crippen molar-refractivity contribution < 1.29 is 19.0 Å². The quantitative estimate of drug-likeness (QED) is 0.841. The van der Waals surface area contributed by atoms with Gasteiger partial charge in [-0.1, -0.05) is 12.1 Å². The Morgan fingerprint density at radius 3 is 2.72 bits per heavy atom. The molecular weight excluding hydrogens is 323 g/mol. The van der Waals surface area contributed by atoms with Crippen LogP contribution in [0.1, 0.15) is 37.5 Å². The summed E-state index contributed by atoms with van der Waals surface area (Å²) >= 11 is 0. The van der Waals surface area contributed by atoms with E-state index in [1.54, 1.807) is 18.2 Å². The third-order valence-electron chi connectivity index (χ3n) is 3.36. The van der Waals surface area contributed by atoms with E-state index in [1.807, 2.05) is 19.9 Å². The first kappa shape index (κ1) is 18.4. The molecule has 25 heavy (non-hydrogen) atoms. The van der Waals surface area contributed by atoms with Gasteiger partial charge in [-0.15, -0.1) is 0 Å². The van der Waals surface area contributed by atoms with Crippen molar-refractivity contribution in [3.63, 3.8) is 0 Å². The van der Waals surface area contributed by atoms with Crippen LogP contribution in [0.15, 0.2) is 42.5 Å². The first-order chi connectivity index (χ1) is 11.9. The summed E-state index contributed by atoms with van der Waals surface area (Å²) in [7, 11) is 0. The van der Waals surface area contributed by atoms with Gasteiger partial charge in [0.2, 0.25) is 5.91 Å². The zero-order valence-corrected chi connectivity index (χ0v) is 14.0. The van der Waals surface area contributed by atoms with E-state index in [2.05, 4.69) is 5.32 Å². The summed E-state index contributed by atoms with van der Waals surface area (Å²) in [6.45, 7) is 3.70. The molecule has 5 nitrogen and oxygen atoms in total. The number of amides is 1. The zero-order chi connectivity index (χ0) is 18.4. The number of hydrogen-bond donors (Lipinski definition) is 2. The Bertz CT molecular complexity index is 799. The van der Waals surface area contributed by atoms with E-state index in [4.69, 9.17) is 4.74 Å². The molecule has 0 radical (unpaired) electrons. The molecule has 0 aliphatic rings. The van der Waals surface area contributed by atoms with Crippen molar-refractivity contribution in [3.05, 3.63) is 59.4 Å². The van der Waals surface area contributed by atoms with Crippen LogP contribution in [0.25, 0.3) is 0 Å². The number of nitriles is 1. The molecule has 2 aromatic rings. The summed E-state index contributed by atoms with van der Waals surface area (Å²) in [5.41, 5.74) is 1.05. The maximum atomic E-state index is 13.2. The van der Waals surface area contributed by atoms with Gasteiger partial charge in [-0.2, -0.15) is 5.26 Å². The Kier molecular flexibility index (Phi) is 6.09. The van der Waals surface area contributed by atoms with Crippen molar-refractivity contribution in [3.8, 4) is 11.8 Å². The van der Waals surface area contributed by atoms with Crippen LogP contribution in [-0.4, -0.2) is 17.1 Å². The van der Waals surface area contributed by atoms with Crippen LogP contribution in [0.5, 0.6) is 5.75 Å². The van der Waals surface area contributed by atoms with Gasteiger partial charge in [0.25, 0.3) is 0 Å². The number of aliphatic hydroxyl groups excluding tert-OH is 1. The van der Waals surface area contributed by atoms with E-state index in [0.29, 0.717) is 22.6 Å². The molecule has 1 atom stereocenters. The van der Waals surface area contributed by atoms with Gasteiger partial charge in [0.15, 0.2) is 0 Å². The lowest BCUT2D eigenvalue weighted by Gasteiger charge is -2.14. The number of nitrogens with one attached hydrogen (secondary N) is 1. The van der Waals surface area contributed by atoms with Gasteiger partial charge in [0.1, 0.15) is 17.6 Å². The minimum Gasteiger partial charge on any atom is -0.490 e. The smallest absolute Gasteiger partial charge is 0.227 e. The maximum Gasteiger partial charge on any atom is 0.227 e. The molecule has 1 unspecified atom stereocenters. The fourth-order valence-electron chi connectivity index (χ4n) is 2.27. The van der Waals surface area contributed by atoms with E-state index in [9.17, 15) is 19.6 Å². The Labute approximate surface area is 145 Å². The predicted octanol–water partition coefficient (Wildman–Crippen LogP) is 3.55. The topological polar surface area (TPSA) is 82.3 Å². The molecular formula is C19H19FN2O3. The number of hydrogen-bond acceptors (Lipinski definition) is 4. The first-order valence-electron chi connectivity index (χ1n) is 7.83. The molecule has 6 heteroatoms. The predicted molar refractivity (Wildman–Crippen MR) is 91.5 cm³/mol. The van der Waals surface area contributed by atoms with Crippen LogP contribution in [0.3, 0.4) is 0 Å². The number of carbonyl (C=O) groups is 1.